The molecule has 0 saturated heterocycles. The molecule has 0 aliphatic heterocycles. The maximum Gasteiger partial charge on any atom is 0.136 e. The van der Waals surface area contributed by atoms with Crippen LogP contribution >= 0.6 is 0 Å². The molecule has 3 aromatic rings. The fraction of sp³-hybridized carbons (Fsp3) is 0.200. The fourth-order valence-electron chi connectivity index (χ4n) is 2.51. The molecule has 134 valence electrons. The van der Waals surface area contributed by atoms with E-state index in [-0.39, 0.29) is 5.82 Å². The average Bonchev–Trinajstić information content (AvgIpc) is 2.61. The quantitative estimate of drug-likeness (QED) is 0.692. The third-order valence-corrected chi connectivity index (χ3v) is 3.88. The van der Waals surface area contributed by atoms with E-state index in [2.05, 4.69) is 25.5 Å². The SMILES string of the molecule is Cc1nc(NCc2ccc(F)cc2)cc(Nc2ccc(N(C)C)cc2)n1. The van der Waals surface area contributed by atoms with E-state index in [1.807, 2.05) is 51.4 Å². The molecule has 26 heavy (non-hydrogen) atoms. The van der Waals surface area contributed by atoms with Crippen LogP contribution in [0, 0.1) is 12.7 Å². The van der Waals surface area contributed by atoms with Crippen molar-refractivity contribution in [1.82, 2.24) is 9.97 Å². The Morgan fingerprint density at radius 2 is 1.58 bits per heavy atom. The lowest BCUT2D eigenvalue weighted by Gasteiger charge is -2.14. The van der Waals surface area contributed by atoms with Crippen LogP contribution < -0.4 is 15.5 Å². The van der Waals surface area contributed by atoms with E-state index in [1.54, 1.807) is 12.1 Å². The van der Waals surface area contributed by atoms with Crippen LogP contribution in [0.25, 0.3) is 0 Å². The Kier molecular flexibility index (Phi) is 5.31. The second kappa shape index (κ2) is 7.82. The molecule has 2 N–H and O–H groups in total. The first-order chi connectivity index (χ1) is 12.5. The van der Waals surface area contributed by atoms with Gasteiger partial charge in [-0.15, -0.1) is 0 Å². The summed E-state index contributed by atoms with van der Waals surface area (Å²) in [5.74, 6) is 1.87. The van der Waals surface area contributed by atoms with Crippen LogP contribution in [0.2, 0.25) is 0 Å². The first-order valence-corrected chi connectivity index (χ1v) is 8.38. The van der Waals surface area contributed by atoms with E-state index in [1.165, 1.54) is 12.1 Å². The summed E-state index contributed by atoms with van der Waals surface area (Å²) in [5, 5.41) is 6.55. The summed E-state index contributed by atoms with van der Waals surface area (Å²) in [4.78, 5) is 10.9. The molecular formula is C20H22FN5. The van der Waals surface area contributed by atoms with Gasteiger partial charge in [0.25, 0.3) is 0 Å². The molecule has 2 aromatic carbocycles. The number of aromatic nitrogens is 2. The van der Waals surface area contributed by atoms with E-state index < -0.39 is 0 Å². The van der Waals surface area contributed by atoms with Gasteiger partial charge in [-0.3, -0.25) is 0 Å². The maximum atomic E-state index is 13.0. The standard InChI is InChI=1S/C20H22FN5/c1-14-23-19(22-13-15-4-6-16(21)7-5-15)12-20(24-14)25-17-8-10-18(11-9-17)26(2)3/h4-12H,13H2,1-3H3,(H2,22,23,24,25). The Morgan fingerprint density at radius 1 is 0.923 bits per heavy atom. The van der Waals surface area contributed by atoms with Gasteiger partial charge in [-0.1, -0.05) is 12.1 Å². The first kappa shape index (κ1) is 17.7. The molecule has 3 rings (SSSR count). The van der Waals surface area contributed by atoms with Crippen molar-refractivity contribution in [2.24, 2.45) is 0 Å². The first-order valence-electron chi connectivity index (χ1n) is 8.38. The molecule has 0 aliphatic rings. The number of halogens is 1. The minimum absolute atomic E-state index is 0.238. The van der Waals surface area contributed by atoms with Crippen molar-refractivity contribution in [2.75, 3.05) is 29.6 Å². The van der Waals surface area contributed by atoms with Crippen LogP contribution in [0.4, 0.5) is 27.4 Å². The highest BCUT2D eigenvalue weighted by Gasteiger charge is 2.04. The number of nitrogens with one attached hydrogen (secondary N) is 2. The van der Waals surface area contributed by atoms with Crippen molar-refractivity contribution in [3.8, 4) is 0 Å². The molecule has 0 bridgehead atoms. The van der Waals surface area contributed by atoms with Gasteiger partial charge in [0.2, 0.25) is 0 Å². The molecule has 1 heterocycles. The van der Waals surface area contributed by atoms with Crippen molar-refractivity contribution >= 4 is 23.0 Å². The van der Waals surface area contributed by atoms with Gasteiger partial charge in [-0.05, 0) is 48.9 Å². The summed E-state index contributed by atoms with van der Waals surface area (Å²) >= 11 is 0. The zero-order chi connectivity index (χ0) is 18.5. The van der Waals surface area contributed by atoms with Gasteiger partial charge in [0.1, 0.15) is 23.3 Å². The predicted molar refractivity (Wildman–Crippen MR) is 105 cm³/mol. The van der Waals surface area contributed by atoms with Gasteiger partial charge >= 0.3 is 0 Å². The molecule has 0 spiro atoms. The highest BCUT2D eigenvalue weighted by atomic mass is 19.1. The molecule has 0 saturated carbocycles. The van der Waals surface area contributed by atoms with Crippen LogP contribution in [-0.2, 0) is 6.54 Å². The minimum atomic E-state index is -0.238. The summed E-state index contributed by atoms with van der Waals surface area (Å²) < 4.78 is 13.0. The number of benzene rings is 2. The molecule has 0 unspecified atom stereocenters. The van der Waals surface area contributed by atoms with Gasteiger partial charge < -0.3 is 15.5 Å². The topological polar surface area (TPSA) is 53.1 Å². The third-order valence-electron chi connectivity index (χ3n) is 3.88. The maximum absolute atomic E-state index is 13.0. The van der Waals surface area contributed by atoms with E-state index in [0.29, 0.717) is 18.2 Å². The summed E-state index contributed by atoms with van der Waals surface area (Å²) in [6.07, 6.45) is 0. The van der Waals surface area contributed by atoms with Gasteiger partial charge in [-0.25, -0.2) is 14.4 Å². The van der Waals surface area contributed by atoms with Crippen molar-refractivity contribution in [1.29, 1.82) is 0 Å². The van der Waals surface area contributed by atoms with Crippen molar-refractivity contribution < 1.29 is 4.39 Å². The molecular weight excluding hydrogens is 329 g/mol. The number of anilines is 4. The van der Waals surface area contributed by atoms with E-state index in [4.69, 9.17) is 0 Å². The molecule has 0 amide bonds. The van der Waals surface area contributed by atoms with Gasteiger partial charge in [0.15, 0.2) is 0 Å². The molecule has 0 radical (unpaired) electrons. The normalized spacial score (nSPS) is 10.5. The Hall–Kier alpha value is -3.15. The number of aryl methyl sites for hydroxylation is 1. The van der Waals surface area contributed by atoms with Gasteiger partial charge in [-0.2, -0.15) is 0 Å². The molecule has 0 atom stereocenters. The number of hydrogen-bond acceptors (Lipinski definition) is 5. The second-order valence-electron chi connectivity index (χ2n) is 6.23. The van der Waals surface area contributed by atoms with Crippen LogP contribution in [0.1, 0.15) is 11.4 Å². The zero-order valence-corrected chi connectivity index (χ0v) is 15.1. The molecule has 5 nitrogen and oxygen atoms in total. The fourth-order valence-corrected chi connectivity index (χ4v) is 2.51. The monoisotopic (exact) mass is 351 g/mol. The minimum Gasteiger partial charge on any atom is -0.378 e. The van der Waals surface area contributed by atoms with Crippen molar-refractivity contribution in [3.05, 3.63) is 71.8 Å². The van der Waals surface area contributed by atoms with E-state index >= 15 is 0 Å². The average molecular weight is 351 g/mol. The summed E-state index contributed by atoms with van der Waals surface area (Å²) in [6.45, 7) is 2.41. The summed E-state index contributed by atoms with van der Waals surface area (Å²) in [6, 6.07) is 16.4. The Balaban J connectivity index is 1.69. The smallest absolute Gasteiger partial charge is 0.136 e. The lowest BCUT2D eigenvalue weighted by molar-refractivity contribution is 0.627. The lowest BCUT2D eigenvalue weighted by atomic mass is 10.2. The van der Waals surface area contributed by atoms with Gasteiger partial charge in [0.05, 0.1) is 0 Å². The van der Waals surface area contributed by atoms with Crippen LogP contribution in [0.15, 0.2) is 54.6 Å². The largest absolute Gasteiger partial charge is 0.378 e. The van der Waals surface area contributed by atoms with E-state index in [0.717, 1.165) is 22.8 Å². The Bertz CT molecular complexity index is 860. The van der Waals surface area contributed by atoms with Crippen LogP contribution in [-0.4, -0.2) is 24.1 Å². The van der Waals surface area contributed by atoms with Gasteiger partial charge in [0, 0.05) is 38.1 Å². The van der Waals surface area contributed by atoms with Crippen molar-refractivity contribution in [2.45, 2.75) is 13.5 Å². The van der Waals surface area contributed by atoms with E-state index in [9.17, 15) is 4.39 Å². The predicted octanol–water partition coefficient (Wildman–Crippen LogP) is 4.35. The summed E-state index contributed by atoms with van der Waals surface area (Å²) in [5.41, 5.74) is 3.07. The Morgan fingerprint density at radius 3 is 2.23 bits per heavy atom. The summed E-state index contributed by atoms with van der Waals surface area (Å²) in [7, 11) is 4.02. The molecule has 1 aromatic heterocycles. The molecule has 0 fully saturated rings. The highest BCUT2D eigenvalue weighted by Crippen LogP contribution is 2.21. The second-order valence-corrected chi connectivity index (χ2v) is 6.23. The van der Waals surface area contributed by atoms with Crippen LogP contribution in [0.3, 0.4) is 0 Å². The number of hydrogen-bond donors (Lipinski definition) is 2. The van der Waals surface area contributed by atoms with Crippen LogP contribution in [0.5, 0.6) is 0 Å². The molecule has 0 aliphatic carbocycles. The Labute approximate surface area is 152 Å². The zero-order valence-electron chi connectivity index (χ0n) is 15.1. The molecule has 6 heteroatoms. The number of nitrogens with zero attached hydrogens (tertiary/aromatic N) is 3. The highest BCUT2D eigenvalue weighted by molar-refractivity contribution is 5.62. The lowest BCUT2D eigenvalue weighted by Crippen LogP contribution is -2.08. The van der Waals surface area contributed by atoms with Crippen molar-refractivity contribution in [3.63, 3.8) is 0 Å². The number of rotatable bonds is 6. The third kappa shape index (κ3) is 4.69.